The first kappa shape index (κ1) is 11.3. The van der Waals surface area contributed by atoms with Crippen LogP contribution < -0.4 is 0 Å². The fraction of sp³-hybridized carbons (Fsp3) is 0.400. The molecule has 2 atom stereocenters. The van der Waals surface area contributed by atoms with Crippen LogP contribution in [0.5, 0.6) is 0 Å². The number of rotatable bonds is 2. The van der Waals surface area contributed by atoms with Gasteiger partial charge in [0.05, 0.1) is 11.6 Å². The molecule has 2 aromatic rings. The maximum absolute atomic E-state index is 9.02. The second-order valence-electron chi connectivity index (χ2n) is 5.41. The van der Waals surface area contributed by atoms with Crippen LogP contribution in [0.1, 0.15) is 23.5 Å². The van der Waals surface area contributed by atoms with Crippen molar-refractivity contribution in [1.29, 1.82) is 5.26 Å². The van der Waals surface area contributed by atoms with Crippen molar-refractivity contribution in [1.82, 2.24) is 9.47 Å². The van der Waals surface area contributed by atoms with E-state index < -0.39 is 0 Å². The summed E-state index contributed by atoms with van der Waals surface area (Å²) in [5, 5.41) is 10.3. The van der Waals surface area contributed by atoms with Crippen molar-refractivity contribution in [2.24, 2.45) is 7.05 Å². The first-order chi connectivity index (χ1) is 8.61. The molecule has 0 unspecified atom stereocenters. The molecule has 1 fully saturated rings. The first-order valence-corrected chi connectivity index (χ1v) is 6.27. The number of likely N-dealkylation sites (N-methyl/N-ethyl adjacent to an activating group) is 1. The molecule has 0 aliphatic heterocycles. The molecule has 1 aliphatic carbocycles. The maximum atomic E-state index is 9.02. The van der Waals surface area contributed by atoms with E-state index in [0.29, 0.717) is 12.0 Å². The fourth-order valence-electron chi connectivity index (χ4n) is 2.87. The van der Waals surface area contributed by atoms with Gasteiger partial charge < -0.3 is 9.47 Å². The van der Waals surface area contributed by atoms with Gasteiger partial charge in [-0.15, -0.1) is 0 Å². The van der Waals surface area contributed by atoms with E-state index in [9.17, 15) is 0 Å². The largest absolute Gasteiger partial charge is 0.350 e. The van der Waals surface area contributed by atoms with Crippen LogP contribution in [0.2, 0.25) is 0 Å². The van der Waals surface area contributed by atoms with E-state index in [1.807, 2.05) is 18.2 Å². The molecular weight excluding hydrogens is 222 g/mol. The number of aromatic nitrogens is 1. The van der Waals surface area contributed by atoms with Crippen LogP contribution in [0.15, 0.2) is 24.4 Å². The summed E-state index contributed by atoms with van der Waals surface area (Å²) in [7, 11) is 6.35. The summed E-state index contributed by atoms with van der Waals surface area (Å²) in [6, 6.07) is 8.84. The number of nitriles is 1. The Morgan fingerprint density at radius 2 is 2.17 bits per heavy atom. The van der Waals surface area contributed by atoms with Crippen LogP contribution in [0, 0.1) is 11.3 Å². The van der Waals surface area contributed by atoms with Crippen LogP contribution in [-0.2, 0) is 7.05 Å². The Labute approximate surface area is 107 Å². The minimum Gasteiger partial charge on any atom is -0.350 e. The molecule has 92 valence electrons. The van der Waals surface area contributed by atoms with E-state index in [-0.39, 0.29) is 0 Å². The average molecular weight is 239 g/mol. The molecule has 0 radical (unpaired) electrons. The monoisotopic (exact) mass is 239 g/mol. The summed E-state index contributed by atoms with van der Waals surface area (Å²) in [4.78, 5) is 2.29. The van der Waals surface area contributed by atoms with Crippen molar-refractivity contribution in [3.8, 4) is 6.07 Å². The Morgan fingerprint density at radius 3 is 2.78 bits per heavy atom. The summed E-state index contributed by atoms with van der Waals surface area (Å²) >= 11 is 0. The minimum atomic E-state index is 0.623. The molecule has 1 aromatic carbocycles. The van der Waals surface area contributed by atoms with E-state index in [2.05, 4.69) is 42.9 Å². The maximum Gasteiger partial charge on any atom is 0.0991 e. The van der Waals surface area contributed by atoms with Gasteiger partial charge in [-0.05, 0) is 44.3 Å². The van der Waals surface area contributed by atoms with Crippen molar-refractivity contribution >= 4 is 10.9 Å². The van der Waals surface area contributed by atoms with Gasteiger partial charge in [-0.2, -0.15) is 5.26 Å². The van der Waals surface area contributed by atoms with Crippen LogP contribution in [0.4, 0.5) is 0 Å². The molecular formula is C15H17N3. The molecule has 3 nitrogen and oxygen atoms in total. The molecule has 0 amide bonds. The zero-order chi connectivity index (χ0) is 12.9. The second-order valence-corrected chi connectivity index (χ2v) is 5.41. The van der Waals surface area contributed by atoms with Crippen molar-refractivity contribution in [2.75, 3.05) is 14.1 Å². The molecule has 0 spiro atoms. The second kappa shape index (κ2) is 3.86. The van der Waals surface area contributed by atoms with Crippen LogP contribution in [0.25, 0.3) is 10.9 Å². The van der Waals surface area contributed by atoms with Gasteiger partial charge in [0.25, 0.3) is 0 Å². The lowest BCUT2D eigenvalue weighted by Crippen LogP contribution is -2.15. The lowest BCUT2D eigenvalue weighted by molar-refractivity contribution is 0.391. The number of hydrogen-bond donors (Lipinski definition) is 0. The minimum absolute atomic E-state index is 0.623. The van der Waals surface area contributed by atoms with Gasteiger partial charge in [0, 0.05) is 36.1 Å². The zero-order valence-electron chi connectivity index (χ0n) is 11.0. The van der Waals surface area contributed by atoms with Crippen LogP contribution in [0.3, 0.4) is 0 Å². The smallest absolute Gasteiger partial charge is 0.0991 e. The van der Waals surface area contributed by atoms with Gasteiger partial charge in [-0.25, -0.2) is 0 Å². The van der Waals surface area contributed by atoms with Gasteiger partial charge in [0.2, 0.25) is 0 Å². The Hall–Kier alpha value is -1.79. The molecule has 1 saturated carbocycles. The highest BCUT2D eigenvalue weighted by molar-refractivity contribution is 5.86. The molecule has 0 bridgehead atoms. The van der Waals surface area contributed by atoms with Crippen molar-refractivity contribution in [3.63, 3.8) is 0 Å². The SMILES string of the molecule is CN(C)[C@H]1C[C@@H]1c1cn(C)c2ccc(C#N)cc12. The molecule has 3 heteroatoms. The predicted molar refractivity (Wildman–Crippen MR) is 72.5 cm³/mol. The lowest BCUT2D eigenvalue weighted by atomic mass is 10.1. The quantitative estimate of drug-likeness (QED) is 0.806. The molecule has 3 rings (SSSR count). The van der Waals surface area contributed by atoms with E-state index in [0.717, 1.165) is 5.56 Å². The third-order valence-electron chi connectivity index (χ3n) is 3.97. The molecule has 18 heavy (non-hydrogen) atoms. The molecule has 0 N–H and O–H groups in total. The van der Waals surface area contributed by atoms with Gasteiger partial charge >= 0.3 is 0 Å². The number of nitrogens with zero attached hydrogens (tertiary/aromatic N) is 3. The summed E-state index contributed by atoms with van der Waals surface area (Å²) in [6.07, 6.45) is 3.45. The average Bonchev–Trinajstić information content (AvgIpc) is 3.09. The van der Waals surface area contributed by atoms with E-state index in [4.69, 9.17) is 5.26 Å². The highest BCUT2D eigenvalue weighted by Gasteiger charge is 2.41. The van der Waals surface area contributed by atoms with E-state index in [1.54, 1.807) is 0 Å². The normalized spacial score (nSPS) is 22.4. The van der Waals surface area contributed by atoms with Crippen LogP contribution in [-0.4, -0.2) is 29.6 Å². The zero-order valence-corrected chi connectivity index (χ0v) is 11.0. The summed E-state index contributed by atoms with van der Waals surface area (Å²) in [5.74, 6) is 0.623. The molecule has 1 heterocycles. The Morgan fingerprint density at radius 1 is 1.39 bits per heavy atom. The number of fused-ring (bicyclic) bond motifs is 1. The number of hydrogen-bond acceptors (Lipinski definition) is 2. The van der Waals surface area contributed by atoms with E-state index >= 15 is 0 Å². The highest BCUT2D eigenvalue weighted by atomic mass is 15.1. The third kappa shape index (κ3) is 1.61. The highest BCUT2D eigenvalue weighted by Crippen LogP contribution is 2.46. The standard InChI is InChI=1S/C15H17N3/c1-17(2)15-7-12(15)13-9-18(3)14-5-4-10(8-16)6-11(13)14/h4-6,9,12,15H,7H2,1-3H3/t12-,15+/m1/s1. The van der Waals surface area contributed by atoms with Crippen molar-refractivity contribution in [3.05, 3.63) is 35.5 Å². The van der Waals surface area contributed by atoms with Gasteiger partial charge in [0.15, 0.2) is 0 Å². The molecule has 1 aromatic heterocycles. The summed E-state index contributed by atoms with van der Waals surface area (Å²) in [5.41, 5.74) is 3.36. The van der Waals surface area contributed by atoms with E-state index in [1.165, 1.54) is 22.9 Å². The van der Waals surface area contributed by atoms with Gasteiger partial charge in [-0.1, -0.05) is 0 Å². The number of benzene rings is 1. The topological polar surface area (TPSA) is 32.0 Å². The summed E-state index contributed by atoms with van der Waals surface area (Å²) < 4.78 is 2.16. The number of aryl methyl sites for hydroxylation is 1. The predicted octanol–water partition coefficient (Wildman–Crippen LogP) is 2.47. The van der Waals surface area contributed by atoms with Crippen molar-refractivity contribution in [2.45, 2.75) is 18.4 Å². The van der Waals surface area contributed by atoms with Crippen molar-refractivity contribution < 1.29 is 0 Å². The Balaban J connectivity index is 2.10. The molecule has 1 aliphatic rings. The summed E-state index contributed by atoms with van der Waals surface area (Å²) in [6.45, 7) is 0. The first-order valence-electron chi connectivity index (χ1n) is 6.27. The lowest BCUT2D eigenvalue weighted by Gasteiger charge is -2.07. The Kier molecular flexibility index (Phi) is 2.42. The Bertz CT molecular complexity index is 646. The van der Waals surface area contributed by atoms with Gasteiger partial charge in [-0.3, -0.25) is 0 Å². The third-order valence-corrected chi connectivity index (χ3v) is 3.97. The molecule has 0 saturated heterocycles. The fourth-order valence-corrected chi connectivity index (χ4v) is 2.87. The van der Waals surface area contributed by atoms with Crippen LogP contribution >= 0.6 is 0 Å². The van der Waals surface area contributed by atoms with Gasteiger partial charge in [0.1, 0.15) is 0 Å².